The van der Waals surface area contributed by atoms with Crippen LogP contribution < -0.4 is 10.0 Å². The molecule has 0 bridgehead atoms. The smallest absolute Gasteiger partial charge is 0.250 e. The van der Waals surface area contributed by atoms with E-state index in [4.69, 9.17) is 4.74 Å². The lowest BCUT2D eigenvalue weighted by Crippen LogP contribution is -2.32. The second-order valence-corrected chi connectivity index (χ2v) is 7.58. The van der Waals surface area contributed by atoms with Gasteiger partial charge in [-0.2, -0.15) is 0 Å². The highest BCUT2D eigenvalue weighted by atomic mass is 32.2. The molecule has 0 aliphatic rings. The topological polar surface area (TPSA) is 67.4 Å². The Bertz CT molecular complexity index is 497. The molecule has 0 radical (unpaired) electrons. The Hall–Kier alpha value is -0.470. The molecule has 0 spiro atoms. The fourth-order valence-electron chi connectivity index (χ4n) is 1.63. The van der Waals surface area contributed by atoms with Crippen molar-refractivity contribution in [3.63, 3.8) is 0 Å². The maximum Gasteiger partial charge on any atom is 0.250 e. The Balaban J connectivity index is 2.79. The fraction of sp³-hybridized carbons (Fsp3) is 0.667. The summed E-state index contributed by atoms with van der Waals surface area (Å²) in [7, 11) is 0.0259. The molecule has 0 amide bonds. The predicted molar refractivity (Wildman–Crippen MR) is 78.1 cm³/mol. The van der Waals surface area contributed by atoms with Gasteiger partial charge in [-0.3, -0.25) is 0 Å². The molecule has 1 atom stereocenters. The van der Waals surface area contributed by atoms with E-state index in [-0.39, 0.29) is 6.04 Å². The van der Waals surface area contributed by atoms with Gasteiger partial charge in [0, 0.05) is 31.2 Å². The van der Waals surface area contributed by atoms with Crippen molar-refractivity contribution in [1.29, 1.82) is 0 Å². The number of methoxy groups -OCH3 is 1. The molecule has 1 rings (SSSR count). The molecule has 0 saturated carbocycles. The standard InChI is InChI=1S/C12H22N2O3S2/c1-9-7-12(18-11(9)8-13-3)19(15,16)14-10(2)5-6-17-4/h7,10,13-14H,5-6,8H2,1-4H3. The summed E-state index contributed by atoms with van der Waals surface area (Å²) in [6.45, 7) is 4.99. The van der Waals surface area contributed by atoms with E-state index >= 15 is 0 Å². The van der Waals surface area contributed by atoms with E-state index < -0.39 is 10.0 Å². The zero-order valence-electron chi connectivity index (χ0n) is 11.8. The summed E-state index contributed by atoms with van der Waals surface area (Å²) < 4.78 is 32.4. The van der Waals surface area contributed by atoms with Crippen LogP contribution in [0.25, 0.3) is 0 Å². The molecule has 7 heteroatoms. The Morgan fingerprint density at radius 3 is 2.74 bits per heavy atom. The summed E-state index contributed by atoms with van der Waals surface area (Å²) in [6.07, 6.45) is 0.656. The quantitative estimate of drug-likeness (QED) is 0.763. The fourth-order valence-corrected chi connectivity index (χ4v) is 4.53. The number of ether oxygens (including phenoxy) is 1. The van der Waals surface area contributed by atoms with Crippen molar-refractivity contribution in [2.75, 3.05) is 20.8 Å². The van der Waals surface area contributed by atoms with Crippen molar-refractivity contribution >= 4 is 21.4 Å². The van der Waals surface area contributed by atoms with Crippen molar-refractivity contribution in [2.24, 2.45) is 0 Å². The Kier molecular flexibility index (Phi) is 6.41. The molecule has 1 heterocycles. The van der Waals surface area contributed by atoms with Crippen LogP contribution >= 0.6 is 11.3 Å². The van der Waals surface area contributed by atoms with Crippen molar-refractivity contribution in [3.8, 4) is 0 Å². The third kappa shape index (κ3) is 4.85. The first-order valence-corrected chi connectivity index (χ1v) is 8.46. The molecule has 19 heavy (non-hydrogen) atoms. The summed E-state index contributed by atoms with van der Waals surface area (Å²) in [5.74, 6) is 0. The van der Waals surface area contributed by atoms with Gasteiger partial charge >= 0.3 is 0 Å². The van der Waals surface area contributed by atoms with E-state index in [1.807, 2.05) is 20.9 Å². The van der Waals surface area contributed by atoms with Gasteiger partial charge in [-0.25, -0.2) is 13.1 Å². The molecule has 1 unspecified atom stereocenters. The SMILES string of the molecule is CNCc1sc(S(=O)(=O)NC(C)CCOC)cc1C. The number of hydrogen-bond acceptors (Lipinski definition) is 5. The molecular weight excluding hydrogens is 284 g/mol. The van der Waals surface area contributed by atoms with Gasteiger partial charge in [0.1, 0.15) is 4.21 Å². The number of sulfonamides is 1. The van der Waals surface area contributed by atoms with E-state index in [0.717, 1.165) is 10.4 Å². The minimum Gasteiger partial charge on any atom is -0.385 e. The number of rotatable bonds is 8. The van der Waals surface area contributed by atoms with E-state index in [9.17, 15) is 8.42 Å². The molecule has 0 aliphatic heterocycles. The molecule has 0 fully saturated rings. The molecule has 5 nitrogen and oxygen atoms in total. The van der Waals surface area contributed by atoms with Crippen LogP contribution in [-0.2, 0) is 21.3 Å². The molecule has 0 saturated heterocycles. The second-order valence-electron chi connectivity index (χ2n) is 4.51. The molecule has 2 N–H and O–H groups in total. The zero-order valence-corrected chi connectivity index (χ0v) is 13.5. The first-order chi connectivity index (χ1) is 8.90. The van der Waals surface area contributed by atoms with Gasteiger partial charge < -0.3 is 10.1 Å². The first kappa shape index (κ1) is 16.6. The lowest BCUT2D eigenvalue weighted by Gasteiger charge is -2.12. The number of thiophene rings is 1. The minimum atomic E-state index is -3.42. The van der Waals surface area contributed by atoms with Crippen LogP contribution in [0.15, 0.2) is 10.3 Å². The highest BCUT2D eigenvalue weighted by Crippen LogP contribution is 2.26. The van der Waals surface area contributed by atoms with Gasteiger partial charge in [0.2, 0.25) is 10.0 Å². The van der Waals surface area contributed by atoms with Gasteiger partial charge in [0.25, 0.3) is 0 Å². The second kappa shape index (κ2) is 7.35. The highest BCUT2D eigenvalue weighted by molar-refractivity contribution is 7.91. The van der Waals surface area contributed by atoms with Gasteiger partial charge in [-0.05, 0) is 38.9 Å². The van der Waals surface area contributed by atoms with Gasteiger partial charge in [0.15, 0.2) is 0 Å². The van der Waals surface area contributed by atoms with E-state index in [2.05, 4.69) is 10.0 Å². The van der Waals surface area contributed by atoms with Crippen molar-refractivity contribution in [2.45, 2.75) is 37.1 Å². The minimum absolute atomic E-state index is 0.139. The zero-order chi connectivity index (χ0) is 14.5. The van der Waals surface area contributed by atoms with Crippen molar-refractivity contribution in [3.05, 3.63) is 16.5 Å². The van der Waals surface area contributed by atoms with Gasteiger partial charge in [-0.15, -0.1) is 11.3 Å². The van der Waals surface area contributed by atoms with Crippen LogP contribution in [0.1, 0.15) is 23.8 Å². The summed E-state index contributed by atoms with van der Waals surface area (Å²) in [4.78, 5) is 1.05. The highest BCUT2D eigenvalue weighted by Gasteiger charge is 2.20. The van der Waals surface area contributed by atoms with Crippen molar-refractivity contribution in [1.82, 2.24) is 10.0 Å². The monoisotopic (exact) mass is 306 g/mol. The van der Waals surface area contributed by atoms with Crippen LogP contribution in [0.3, 0.4) is 0 Å². The van der Waals surface area contributed by atoms with Crippen LogP contribution in [0.4, 0.5) is 0 Å². The number of hydrogen-bond donors (Lipinski definition) is 2. The van der Waals surface area contributed by atoms with Crippen LogP contribution in [0.2, 0.25) is 0 Å². The normalized spacial score (nSPS) is 13.7. The van der Waals surface area contributed by atoms with Crippen LogP contribution in [0.5, 0.6) is 0 Å². The van der Waals surface area contributed by atoms with Gasteiger partial charge in [0.05, 0.1) is 0 Å². The third-order valence-electron chi connectivity index (χ3n) is 2.71. The summed E-state index contributed by atoms with van der Waals surface area (Å²) in [6, 6.07) is 1.59. The van der Waals surface area contributed by atoms with Crippen molar-refractivity contribution < 1.29 is 13.2 Å². The third-order valence-corrected chi connectivity index (χ3v) is 6.01. The molecule has 110 valence electrons. The largest absolute Gasteiger partial charge is 0.385 e. The van der Waals surface area contributed by atoms with E-state index in [0.29, 0.717) is 23.8 Å². The van der Waals surface area contributed by atoms with E-state index in [1.54, 1.807) is 13.2 Å². The summed E-state index contributed by atoms with van der Waals surface area (Å²) >= 11 is 1.31. The first-order valence-electron chi connectivity index (χ1n) is 6.16. The number of aryl methyl sites for hydroxylation is 1. The molecule has 0 aromatic carbocycles. The molecule has 1 aromatic rings. The van der Waals surface area contributed by atoms with Crippen LogP contribution in [-0.4, -0.2) is 35.2 Å². The summed E-state index contributed by atoms with van der Waals surface area (Å²) in [5, 5.41) is 3.04. The van der Waals surface area contributed by atoms with Gasteiger partial charge in [-0.1, -0.05) is 0 Å². The molecular formula is C12H22N2O3S2. The number of nitrogens with one attached hydrogen (secondary N) is 2. The lowest BCUT2D eigenvalue weighted by molar-refractivity contribution is 0.188. The predicted octanol–water partition coefficient (Wildman–Crippen LogP) is 1.48. The Labute approximate surface area is 119 Å². The average molecular weight is 306 g/mol. The Morgan fingerprint density at radius 1 is 1.47 bits per heavy atom. The lowest BCUT2D eigenvalue weighted by atomic mass is 10.3. The maximum absolute atomic E-state index is 12.2. The maximum atomic E-state index is 12.2. The molecule has 1 aromatic heterocycles. The van der Waals surface area contributed by atoms with E-state index in [1.165, 1.54) is 11.3 Å². The molecule has 0 aliphatic carbocycles. The summed E-state index contributed by atoms with van der Waals surface area (Å²) in [5.41, 5.74) is 1.00. The van der Waals surface area contributed by atoms with Crippen LogP contribution in [0, 0.1) is 6.92 Å². The Morgan fingerprint density at radius 2 is 2.16 bits per heavy atom. The average Bonchev–Trinajstić information content (AvgIpc) is 2.69.